The molecule has 0 fully saturated rings. The zero-order valence-corrected chi connectivity index (χ0v) is 9.94. The fourth-order valence-corrected chi connectivity index (χ4v) is 2.18. The summed E-state index contributed by atoms with van der Waals surface area (Å²) in [6, 6.07) is 8.66. The Bertz CT molecular complexity index is 543. The van der Waals surface area contributed by atoms with Gasteiger partial charge in [0.15, 0.2) is 0 Å². The van der Waals surface area contributed by atoms with Crippen molar-refractivity contribution in [2.45, 2.75) is 17.0 Å². The Kier molecular flexibility index (Phi) is 3.39. The summed E-state index contributed by atoms with van der Waals surface area (Å²) in [6.07, 6.45) is 1.69. The number of carbonyl (C=O) groups is 1. The Hall–Kier alpha value is -1.88. The van der Waals surface area contributed by atoms with E-state index in [4.69, 9.17) is 5.11 Å². The lowest BCUT2D eigenvalue weighted by Crippen LogP contribution is -1.99. The molecule has 17 heavy (non-hydrogen) atoms. The summed E-state index contributed by atoms with van der Waals surface area (Å²) in [5.41, 5.74) is 0.930. The molecule has 2 heterocycles. The van der Waals surface area contributed by atoms with Gasteiger partial charge in [0.25, 0.3) is 0 Å². The Balaban J connectivity index is 2.30. The molecule has 0 atom stereocenters. The number of aromatic carboxylic acids is 1. The third kappa shape index (κ3) is 3.04. The van der Waals surface area contributed by atoms with E-state index in [1.807, 2.05) is 18.2 Å². The first-order chi connectivity index (χ1) is 8.15. The minimum atomic E-state index is -0.946. The third-order valence-electron chi connectivity index (χ3n) is 2.02. The molecular weight excluding hydrogens is 236 g/mol. The topological polar surface area (TPSA) is 63.1 Å². The van der Waals surface area contributed by atoms with E-state index in [-0.39, 0.29) is 5.56 Å². The molecule has 0 saturated carbocycles. The number of nitrogens with zero attached hydrogens (tertiary/aromatic N) is 2. The summed E-state index contributed by atoms with van der Waals surface area (Å²) in [4.78, 5) is 19.3. The van der Waals surface area contributed by atoms with Crippen molar-refractivity contribution in [1.82, 2.24) is 9.97 Å². The van der Waals surface area contributed by atoms with E-state index in [2.05, 4.69) is 9.97 Å². The van der Waals surface area contributed by atoms with E-state index in [1.54, 1.807) is 25.3 Å². The average molecular weight is 246 g/mol. The second-order valence-electron chi connectivity index (χ2n) is 3.41. The predicted octanol–water partition coefficient (Wildman–Crippen LogP) is 2.63. The molecule has 5 heteroatoms. The molecular formula is C12H10N2O2S. The molecule has 0 saturated heterocycles. The van der Waals surface area contributed by atoms with E-state index < -0.39 is 5.97 Å². The second-order valence-corrected chi connectivity index (χ2v) is 4.45. The van der Waals surface area contributed by atoms with Crippen LogP contribution in [0.3, 0.4) is 0 Å². The van der Waals surface area contributed by atoms with Crippen LogP contribution in [0.4, 0.5) is 0 Å². The Morgan fingerprint density at radius 3 is 2.76 bits per heavy atom. The van der Waals surface area contributed by atoms with Gasteiger partial charge in [-0.25, -0.2) is 14.8 Å². The first-order valence-corrected chi connectivity index (χ1v) is 5.77. The van der Waals surface area contributed by atoms with Crippen LogP contribution in [0.1, 0.15) is 16.1 Å². The third-order valence-corrected chi connectivity index (χ3v) is 2.89. The Morgan fingerprint density at radius 1 is 1.29 bits per heavy atom. The van der Waals surface area contributed by atoms with Gasteiger partial charge in [0, 0.05) is 11.9 Å². The number of hydrogen-bond donors (Lipinski definition) is 1. The molecule has 0 radical (unpaired) electrons. The SMILES string of the molecule is Cc1cc(C(=O)O)cc(Sc2ccccn2)n1. The quantitative estimate of drug-likeness (QED) is 0.902. The summed E-state index contributed by atoms with van der Waals surface area (Å²) in [5.74, 6) is -0.946. The highest BCUT2D eigenvalue weighted by Gasteiger charge is 2.08. The van der Waals surface area contributed by atoms with Gasteiger partial charge in [-0.15, -0.1) is 0 Å². The van der Waals surface area contributed by atoms with Crippen molar-refractivity contribution >= 4 is 17.7 Å². The number of pyridine rings is 2. The van der Waals surface area contributed by atoms with Crippen molar-refractivity contribution in [1.29, 1.82) is 0 Å². The van der Waals surface area contributed by atoms with Crippen LogP contribution in [0.25, 0.3) is 0 Å². The lowest BCUT2D eigenvalue weighted by Gasteiger charge is -2.03. The normalized spacial score (nSPS) is 10.2. The molecule has 0 aliphatic carbocycles. The molecule has 0 aromatic carbocycles. The highest BCUT2D eigenvalue weighted by Crippen LogP contribution is 2.24. The maximum atomic E-state index is 10.9. The molecule has 0 spiro atoms. The molecule has 2 rings (SSSR count). The number of carboxylic acid groups (broad SMARTS) is 1. The largest absolute Gasteiger partial charge is 0.478 e. The highest BCUT2D eigenvalue weighted by molar-refractivity contribution is 7.99. The Labute approximate surface area is 103 Å². The van der Waals surface area contributed by atoms with E-state index in [0.29, 0.717) is 10.7 Å². The molecule has 0 unspecified atom stereocenters. The van der Waals surface area contributed by atoms with E-state index >= 15 is 0 Å². The van der Waals surface area contributed by atoms with Crippen LogP contribution in [0.5, 0.6) is 0 Å². The van der Waals surface area contributed by atoms with Gasteiger partial charge in [-0.2, -0.15) is 0 Å². The molecule has 0 amide bonds. The van der Waals surface area contributed by atoms with Crippen LogP contribution in [0.2, 0.25) is 0 Å². The lowest BCUT2D eigenvalue weighted by atomic mass is 10.2. The van der Waals surface area contributed by atoms with E-state index in [1.165, 1.54) is 11.8 Å². The molecule has 4 nitrogen and oxygen atoms in total. The minimum Gasteiger partial charge on any atom is -0.478 e. The van der Waals surface area contributed by atoms with Crippen LogP contribution in [-0.2, 0) is 0 Å². The smallest absolute Gasteiger partial charge is 0.335 e. The summed E-state index contributed by atoms with van der Waals surface area (Å²) in [7, 11) is 0. The van der Waals surface area contributed by atoms with Gasteiger partial charge in [0.2, 0.25) is 0 Å². The van der Waals surface area contributed by atoms with Gasteiger partial charge >= 0.3 is 5.97 Å². The first-order valence-electron chi connectivity index (χ1n) is 4.96. The zero-order chi connectivity index (χ0) is 12.3. The molecule has 1 N–H and O–H groups in total. The van der Waals surface area contributed by atoms with Gasteiger partial charge < -0.3 is 5.11 Å². The van der Waals surface area contributed by atoms with Crippen molar-refractivity contribution in [2.24, 2.45) is 0 Å². The fourth-order valence-electron chi connectivity index (χ4n) is 1.33. The molecule has 2 aromatic rings. The summed E-state index contributed by atoms with van der Waals surface area (Å²) in [5, 5.41) is 10.4. The molecule has 86 valence electrons. The number of aryl methyl sites for hydroxylation is 1. The number of aromatic nitrogens is 2. The van der Waals surface area contributed by atoms with Gasteiger partial charge in [-0.05, 0) is 31.2 Å². The fraction of sp³-hybridized carbons (Fsp3) is 0.0833. The second kappa shape index (κ2) is 4.97. The monoisotopic (exact) mass is 246 g/mol. The predicted molar refractivity (Wildman–Crippen MR) is 64.3 cm³/mol. The van der Waals surface area contributed by atoms with Gasteiger partial charge in [-0.1, -0.05) is 17.8 Å². The lowest BCUT2D eigenvalue weighted by molar-refractivity contribution is 0.0696. The van der Waals surface area contributed by atoms with Crippen LogP contribution in [-0.4, -0.2) is 21.0 Å². The van der Waals surface area contributed by atoms with Crippen molar-refractivity contribution < 1.29 is 9.90 Å². The average Bonchev–Trinajstić information content (AvgIpc) is 2.29. The maximum Gasteiger partial charge on any atom is 0.335 e. The van der Waals surface area contributed by atoms with E-state index in [9.17, 15) is 4.79 Å². The Morgan fingerprint density at radius 2 is 2.12 bits per heavy atom. The van der Waals surface area contributed by atoms with E-state index in [0.717, 1.165) is 5.03 Å². The molecule has 2 aromatic heterocycles. The van der Waals surface area contributed by atoms with Crippen molar-refractivity contribution in [3.05, 3.63) is 47.8 Å². The standard InChI is InChI=1S/C12H10N2O2S/c1-8-6-9(12(15)16)7-11(14-8)17-10-4-2-3-5-13-10/h2-7H,1H3,(H,15,16). The highest BCUT2D eigenvalue weighted by atomic mass is 32.2. The maximum absolute atomic E-state index is 10.9. The number of carboxylic acids is 1. The molecule has 0 aliphatic rings. The molecule has 0 bridgehead atoms. The van der Waals surface area contributed by atoms with Gasteiger partial charge in [0.05, 0.1) is 5.56 Å². The summed E-state index contributed by atoms with van der Waals surface area (Å²) >= 11 is 1.35. The minimum absolute atomic E-state index is 0.246. The van der Waals surface area contributed by atoms with Crippen LogP contribution < -0.4 is 0 Å². The molecule has 0 aliphatic heterocycles. The van der Waals surface area contributed by atoms with Crippen molar-refractivity contribution in [3.8, 4) is 0 Å². The van der Waals surface area contributed by atoms with Crippen molar-refractivity contribution in [2.75, 3.05) is 0 Å². The summed E-state index contributed by atoms with van der Waals surface area (Å²) < 4.78 is 0. The van der Waals surface area contributed by atoms with Crippen LogP contribution in [0, 0.1) is 6.92 Å². The van der Waals surface area contributed by atoms with Crippen molar-refractivity contribution in [3.63, 3.8) is 0 Å². The zero-order valence-electron chi connectivity index (χ0n) is 9.12. The van der Waals surface area contributed by atoms with Gasteiger partial charge in [0.1, 0.15) is 10.1 Å². The van der Waals surface area contributed by atoms with Crippen LogP contribution in [0.15, 0.2) is 46.6 Å². The van der Waals surface area contributed by atoms with Crippen LogP contribution >= 0.6 is 11.8 Å². The summed E-state index contributed by atoms with van der Waals surface area (Å²) in [6.45, 7) is 1.77. The number of hydrogen-bond acceptors (Lipinski definition) is 4. The van der Waals surface area contributed by atoms with Gasteiger partial charge in [-0.3, -0.25) is 0 Å². The number of rotatable bonds is 3. The first kappa shape index (κ1) is 11.6.